The monoisotopic (exact) mass is 281 g/mol. The van der Waals surface area contributed by atoms with Crippen LogP contribution in [0.15, 0.2) is 48.7 Å². The molecule has 0 bridgehead atoms. The summed E-state index contributed by atoms with van der Waals surface area (Å²) in [5, 5.41) is 4.49. The van der Waals surface area contributed by atoms with Crippen molar-refractivity contribution in [2.24, 2.45) is 0 Å². The number of halogens is 1. The quantitative estimate of drug-likeness (QED) is 0.780. The Balaban J connectivity index is 1.94. The minimum Gasteiger partial charge on any atom is -0.375 e. The van der Waals surface area contributed by atoms with E-state index in [-0.39, 0.29) is 11.9 Å². The van der Waals surface area contributed by atoms with Gasteiger partial charge in [0, 0.05) is 11.1 Å². The van der Waals surface area contributed by atoms with Gasteiger partial charge in [-0.3, -0.25) is 9.97 Å². The van der Waals surface area contributed by atoms with Crippen LogP contribution >= 0.6 is 0 Å². The molecule has 1 aromatic carbocycles. The van der Waals surface area contributed by atoms with Gasteiger partial charge in [0.2, 0.25) is 0 Å². The maximum absolute atomic E-state index is 12.9. The highest BCUT2D eigenvalue weighted by molar-refractivity contribution is 5.90. The van der Waals surface area contributed by atoms with Crippen LogP contribution < -0.4 is 5.32 Å². The number of hydrogen-bond donors (Lipinski definition) is 1. The molecule has 2 aromatic heterocycles. The van der Waals surface area contributed by atoms with Crippen LogP contribution in [0.5, 0.6) is 0 Å². The van der Waals surface area contributed by atoms with E-state index in [4.69, 9.17) is 0 Å². The third kappa shape index (κ3) is 2.84. The lowest BCUT2D eigenvalue weighted by Crippen LogP contribution is -2.09. The summed E-state index contributed by atoms with van der Waals surface area (Å²) >= 11 is 0. The van der Waals surface area contributed by atoms with E-state index in [1.54, 1.807) is 6.07 Å². The van der Waals surface area contributed by atoms with Gasteiger partial charge in [-0.1, -0.05) is 18.2 Å². The number of benzene rings is 1. The number of aryl methyl sites for hydroxylation is 1. The second kappa shape index (κ2) is 5.48. The van der Waals surface area contributed by atoms with Gasteiger partial charge in [0.05, 0.1) is 29.1 Å². The molecule has 0 aliphatic carbocycles. The summed E-state index contributed by atoms with van der Waals surface area (Å²) in [5.74, 6) is -0.326. The standard InChI is InChI=1S/C17H16FN3/c1-11-6-7-13-4-3-5-16(17(13)20-11)21-12(2)15-9-8-14(18)10-19-15/h3-10,12,21H,1-2H3. The number of fused-ring (bicyclic) bond motifs is 1. The normalized spacial score (nSPS) is 12.3. The molecule has 0 radical (unpaired) electrons. The summed E-state index contributed by atoms with van der Waals surface area (Å²) in [4.78, 5) is 8.71. The summed E-state index contributed by atoms with van der Waals surface area (Å²) in [5.41, 5.74) is 3.66. The van der Waals surface area contributed by atoms with Gasteiger partial charge in [-0.25, -0.2) is 4.39 Å². The van der Waals surface area contributed by atoms with E-state index in [2.05, 4.69) is 21.4 Å². The number of nitrogens with zero attached hydrogens (tertiary/aromatic N) is 2. The second-order valence-corrected chi connectivity index (χ2v) is 5.10. The number of para-hydroxylation sites is 1. The van der Waals surface area contributed by atoms with Gasteiger partial charge < -0.3 is 5.32 Å². The van der Waals surface area contributed by atoms with Crippen molar-refractivity contribution < 1.29 is 4.39 Å². The molecular formula is C17H16FN3. The molecule has 0 saturated carbocycles. The van der Waals surface area contributed by atoms with E-state index in [0.29, 0.717) is 0 Å². The zero-order valence-corrected chi connectivity index (χ0v) is 12.0. The van der Waals surface area contributed by atoms with Crippen molar-refractivity contribution >= 4 is 16.6 Å². The fourth-order valence-electron chi connectivity index (χ4n) is 2.31. The highest BCUT2D eigenvalue weighted by Gasteiger charge is 2.09. The lowest BCUT2D eigenvalue weighted by Gasteiger charge is -2.16. The van der Waals surface area contributed by atoms with Crippen molar-refractivity contribution in [1.29, 1.82) is 0 Å². The van der Waals surface area contributed by atoms with E-state index < -0.39 is 0 Å². The maximum atomic E-state index is 12.9. The van der Waals surface area contributed by atoms with Gasteiger partial charge in [0.15, 0.2) is 0 Å². The van der Waals surface area contributed by atoms with Crippen LogP contribution in [0, 0.1) is 12.7 Å². The lowest BCUT2D eigenvalue weighted by molar-refractivity contribution is 0.617. The predicted octanol–water partition coefficient (Wildman–Crippen LogP) is 4.25. The lowest BCUT2D eigenvalue weighted by atomic mass is 10.1. The number of hydrogen-bond acceptors (Lipinski definition) is 3. The van der Waals surface area contributed by atoms with Crippen molar-refractivity contribution in [2.45, 2.75) is 19.9 Å². The smallest absolute Gasteiger partial charge is 0.141 e. The molecule has 21 heavy (non-hydrogen) atoms. The first kappa shape index (κ1) is 13.5. The third-order valence-electron chi connectivity index (χ3n) is 3.43. The Kier molecular flexibility index (Phi) is 3.52. The Morgan fingerprint density at radius 1 is 1.10 bits per heavy atom. The number of rotatable bonds is 3. The van der Waals surface area contributed by atoms with Gasteiger partial charge in [0.25, 0.3) is 0 Å². The molecular weight excluding hydrogens is 265 g/mol. The van der Waals surface area contributed by atoms with E-state index in [1.165, 1.54) is 12.3 Å². The van der Waals surface area contributed by atoms with Crippen LogP contribution in [0.4, 0.5) is 10.1 Å². The van der Waals surface area contributed by atoms with E-state index in [0.717, 1.165) is 28.0 Å². The zero-order chi connectivity index (χ0) is 14.8. The largest absolute Gasteiger partial charge is 0.375 e. The molecule has 4 heteroatoms. The Morgan fingerprint density at radius 2 is 1.95 bits per heavy atom. The number of anilines is 1. The van der Waals surface area contributed by atoms with Gasteiger partial charge in [-0.15, -0.1) is 0 Å². The molecule has 0 saturated heterocycles. The number of aromatic nitrogens is 2. The SMILES string of the molecule is Cc1ccc2cccc(NC(C)c3ccc(F)cn3)c2n1. The minimum atomic E-state index is -0.326. The van der Waals surface area contributed by atoms with Crippen LogP contribution in [-0.4, -0.2) is 9.97 Å². The van der Waals surface area contributed by atoms with Crippen LogP contribution in [0.1, 0.15) is 24.4 Å². The minimum absolute atomic E-state index is 0.0292. The van der Waals surface area contributed by atoms with E-state index >= 15 is 0 Å². The first-order valence-electron chi connectivity index (χ1n) is 6.88. The Hall–Kier alpha value is -2.49. The molecule has 106 valence electrons. The van der Waals surface area contributed by atoms with Crippen LogP contribution in [0.2, 0.25) is 0 Å². The molecule has 1 atom stereocenters. The van der Waals surface area contributed by atoms with Gasteiger partial charge >= 0.3 is 0 Å². The van der Waals surface area contributed by atoms with Crippen molar-refractivity contribution in [3.63, 3.8) is 0 Å². The molecule has 2 heterocycles. The molecule has 0 spiro atoms. The predicted molar refractivity (Wildman–Crippen MR) is 82.7 cm³/mol. The molecule has 0 amide bonds. The van der Waals surface area contributed by atoms with Gasteiger partial charge in [-0.2, -0.15) is 0 Å². The summed E-state index contributed by atoms with van der Waals surface area (Å²) in [7, 11) is 0. The zero-order valence-electron chi connectivity index (χ0n) is 12.0. The van der Waals surface area contributed by atoms with E-state index in [9.17, 15) is 4.39 Å². The highest BCUT2D eigenvalue weighted by Crippen LogP contribution is 2.25. The van der Waals surface area contributed by atoms with Crippen molar-refractivity contribution in [2.75, 3.05) is 5.32 Å². The van der Waals surface area contributed by atoms with Gasteiger partial charge in [-0.05, 0) is 38.1 Å². The molecule has 3 nitrogen and oxygen atoms in total. The van der Waals surface area contributed by atoms with Crippen LogP contribution in [-0.2, 0) is 0 Å². The Labute approximate surface area is 122 Å². The molecule has 1 unspecified atom stereocenters. The summed E-state index contributed by atoms with van der Waals surface area (Å²) in [6.07, 6.45) is 1.24. The molecule has 1 N–H and O–H groups in total. The van der Waals surface area contributed by atoms with Crippen LogP contribution in [0.3, 0.4) is 0 Å². The van der Waals surface area contributed by atoms with Gasteiger partial charge in [0.1, 0.15) is 5.82 Å². The fourth-order valence-corrected chi connectivity index (χ4v) is 2.31. The Bertz CT molecular complexity index is 769. The summed E-state index contributed by atoms with van der Waals surface area (Å²) in [6, 6.07) is 13.2. The number of pyridine rings is 2. The Morgan fingerprint density at radius 3 is 2.71 bits per heavy atom. The molecule has 3 aromatic rings. The average Bonchev–Trinajstić information content (AvgIpc) is 2.48. The fraction of sp³-hybridized carbons (Fsp3) is 0.176. The van der Waals surface area contributed by atoms with E-state index in [1.807, 2.05) is 38.1 Å². The molecule has 0 aliphatic heterocycles. The summed E-state index contributed by atoms with van der Waals surface area (Å²) in [6.45, 7) is 3.97. The molecule has 0 fully saturated rings. The summed E-state index contributed by atoms with van der Waals surface area (Å²) < 4.78 is 12.9. The van der Waals surface area contributed by atoms with Crippen molar-refractivity contribution in [3.8, 4) is 0 Å². The highest BCUT2D eigenvalue weighted by atomic mass is 19.1. The number of nitrogens with one attached hydrogen (secondary N) is 1. The van der Waals surface area contributed by atoms with Crippen molar-refractivity contribution in [3.05, 3.63) is 65.9 Å². The second-order valence-electron chi connectivity index (χ2n) is 5.10. The molecule has 3 rings (SSSR count). The average molecular weight is 281 g/mol. The topological polar surface area (TPSA) is 37.8 Å². The first-order valence-corrected chi connectivity index (χ1v) is 6.88. The maximum Gasteiger partial charge on any atom is 0.141 e. The molecule has 0 aliphatic rings. The third-order valence-corrected chi connectivity index (χ3v) is 3.43. The van der Waals surface area contributed by atoms with Crippen molar-refractivity contribution in [1.82, 2.24) is 9.97 Å². The van der Waals surface area contributed by atoms with Crippen LogP contribution in [0.25, 0.3) is 10.9 Å². The first-order chi connectivity index (χ1) is 10.1.